The third kappa shape index (κ3) is 3.99. The van der Waals surface area contributed by atoms with Crippen LogP contribution in [-0.4, -0.2) is 11.7 Å². The largest absolute Gasteiger partial charge is 0.322 e. The zero-order valence-corrected chi connectivity index (χ0v) is 13.2. The van der Waals surface area contributed by atoms with Gasteiger partial charge in [-0.1, -0.05) is 24.3 Å². The van der Waals surface area contributed by atoms with Gasteiger partial charge in [0.2, 0.25) is 0 Å². The predicted octanol–water partition coefficient (Wildman–Crippen LogP) is 4.83. The first-order valence-corrected chi connectivity index (χ1v) is 7.81. The smallest absolute Gasteiger partial charge is 0.256 e. The van der Waals surface area contributed by atoms with E-state index in [1.54, 1.807) is 11.8 Å². The summed E-state index contributed by atoms with van der Waals surface area (Å²) in [6.07, 6.45) is 1.84. The van der Waals surface area contributed by atoms with Crippen molar-refractivity contribution in [1.82, 2.24) is 0 Å². The van der Waals surface area contributed by atoms with E-state index in [9.17, 15) is 4.79 Å². The molecular formula is C18H19NOS. The normalized spacial score (nSPS) is 10.2. The zero-order valence-electron chi connectivity index (χ0n) is 12.3. The highest BCUT2D eigenvalue weighted by Crippen LogP contribution is 2.24. The maximum absolute atomic E-state index is 12.4. The molecule has 0 aliphatic carbocycles. The lowest BCUT2D eigenvalue weighted by atomic mass is 10.1. The third-order valence-corrected chi connectivity index (χ3v) is 4.32. The molecule has 1 N–H and O–H groups in total. The summed E-state index contributed by atoms with van der Waals surface area (Å²) >= 11 is 1.61. The Morgan fingerprint density at radius 1 is 1.19 bits per heavy atom. The van der Waals surface area contributed by atoms with Crippen molar-refractivity contribution in [2.24, 2.45) is 0 Å². The monoisotopic (exact) mass is 297 g/mol. The van der Waals surface area contributed by atoms with Crippen LogP contribution in [0.15, 0.2) is 60.0 Å². The molecule has 2 aromatic rings. The third-order valence-electron chi connectivity index (χ3n) is 3.25. The molecule has 2 aromatic carbocycles. The van der Waals surface area contributed by atoms with E-state index in [-0.39, 0.29) is 5.91 Å². The Morgan fingerprint density at radius 2 is 1.95 bits per heavy atom. The molecule has 0 bridgehead atoms. The average molecular weight is 297 g/mol. The van der Waals surface area contributed by atoms with Gasteiger partial charge in [-0.25, -0.2) is 0 Å². The molecule has 0 heterocycles. The van der Waals surface area contributed by atoms with Crippen LogP contribution in [0.1, 0.15) is 21.5 Å². The van der Waals surface area contributed by atoms with Crippen LogP contribution in [0.3, 0.4) is 0 Å². The molecule has 0 fully saturated rings. The summed E-state index contributed by atoms with van der Waals surface area (Å²) in [7, 11) is 0. The van der Waals surface area contributed by atoms with Crippen LogP contribution in [0.5, 0.6) is 0 Å². The van der Waals surface area contributed by atoms with Crippen LogP contribution >= 0.6 is 11.8 Å². The highest BCUT2D eigenvalue weighted by molar-refractivity contribution is 7.99. The van der Waals surface area contributed by atoms with Crippen LogP contribution in [-0.2, 0) is 0 Å². The summed E-state index contributed by atoms with van der Waals surface area (Å²) in [6, 6.07) is 13.6. The molecule has 0 radical (unpaired) electrons. The van der Waals surface area contributed by atoms with E-state index in [0.29, 0.717) is 5.56 Å². The molecule has 0 unspecified atom stereocenters. The Kier molecular flexibility index (Phi) is 5.23. The fraction of sp³-hybridized carbons (Fsp3) is 0.167. The molecule has 0 saturated carbocycles. The average Bonchev–Trinajstić information content (AvgIpc) is 2.49. The summed E-state index contributed by atoms with van der Waals surface area (Å²) in [5, 5.41) is 2.96. The van der Waals surface area contributed by atoms with E-state index in [0.717, 1.165) is 16.3 Å². The lowest BCUT2D eigenvalue weighted by Gasteiger charge is -2.10. The second-order valence-electron chi connectivity index (χ2n) is 4.85. The van der Waals surface area contributed by atoms with Gasteiger partial charge in [0, 0.05) is 16.3 Å². The lowest BCUT2D eigenvalue weighted by molar-refractivity contribution is 0.102. The molecular weight excluding hydrogens is 278 g/mol. The van der Waals surface area contributed by atoms with Crippen LogP contribution in [0.2, 0.25) is 0 Å². The maximum Gasteiger partial charge on any atom is 0.256 e. The summed E-state index contributed by atoms with van der Waals surface area (Å²) in [5.74, 6) is 0.707. The van der Waals surface area contributed by atoms with Gasteiger partial charge >= 0.3 is 0 Å². The molecule has 108 valence electrons. The number of aryl methyl sites for hydroxylation is 2. The first-order valence-electron chi connectivity index (χ1n) is 6.83. The van der Waals surface area contributed by atoms with E-state index in [4.69, 9.17) is 0 Å². The number of benzene rings is 2. The molecule has 0 aromatic heterocycles. The molecule has 0 aliphatic rings. The van der Waals surface area contributed by atoms with Crippen molar-refractivity contribution < 1.29 is 4.79 Å². The minimum absolute atomic E-state index is 0.0783. The van der Waals surface area contributed by atoms with Crippen molar-refractivity contribution in [3.05, 3.63) is 71.8 Å². The summed E-state index contributed by atoms with van der Waals surface area (Å²) in [6.45, 7) is 7.81. The number of hydrogen-bond donors (Lipinski definition) is 1. The lowest BCUT2D eigenvalue weighted by Crippen LogP contribution is -2.13. The molecule has 21 heavy (non-hydrogen) atoms. The highest BCUT2D eigenvalue weighted by Gasteiger charge is 2.11. The minimum atomic E-state index is -0.0783. The van der Waals surface area contributed by atoms with Gasteiger partial charge in [-0.3, -0.25) is 4.79 Å². The Bertz CT molecular complexity index is 664. The topological polar surface area (TPSA) is 29.1 Å². The number of thioether (sulfide) groups is 1. The number of carbonyl (C=O) groups excluding carboxylic acids is 1. The van der Waals surface area contributed by atoms with Gasteiger partial charge in [-0.05, 0) is 49.2 Å². The van der Waals surface area contributed by atoms with Crippen LogP contribution < -0.4 is 5.32 Å². The maximum atomic E-state index is 12.4. The quantitative estimate of drug-likeness (QED) is 0.632. The molecule has 0 spiro atoms. The fourth-order valence-electron chi connectivity index (χ4n) is 1.95. The predicted molar refractivity (Wildman–Crippen MR) is 91.2 cm³/mol. The van der Waals surface area contributed by atoms with Crippen LogP contribution in [0.25, 0.3) is 0 Å². The molecule has 2 nitrogen and oxygen atoms in total. The molecule has 0 saturated heterocycles. The van der Waals surface area contributed by atoms with Gasteiger partial charge in [0.05, 0.1) is 5.56 Å². The van der Waals surface area contributed by atoms with Crippen LogP contribution in [0.4, 0.5) is 5.69 Å². The fourth-order valence-corrected chi connectivity index (χ4v) is 2.73. The Balaban J connectivity index is 2.19. The van der Waals surface area contributed by atoms with E-state index in [1.165, 1.54) is 11.1 Å². The standard InChI is InChI=1S/C18H19NOS/c1-4-11-21-17-8-6-5-7-16(17)18(20)19-15-10-9-13(2)14(3)12-15/h4-10,12H,1,11H2,2-3H3,(H,19,20). The van der Waals surface area contributed by atoms with Crippen molar-refractivity contribution >= 4 is 23.4 Å². The van der Waals surface area contributed by atoms with Crippen molar-refractivity contribution in [1.29, 1.82) is 0 Å². The number of carbonyl (C=O) groups is 1. The second-order valence-corrected chi connectivity index (χ2v) is 5.91. The van der Waals surface area contributed by atoms with Gasteiger partial charge in [-0.15, -0.1) is 18.3 Å². The second kappa shape index (κ2) is 7.14. The van der Waals surface area contributed by atoms with Gasteiger partial charge in [0.25, 0.3) is 5.91 Å². The van der Waals surface area contributed by atoms with Gasteiger partial charge in [-0.2, -0.15) is 0 Å². The number of rotatable bonds is 5. The first kappa shape index (κ1) is 15.4. The van der Waals surface area contributed by atoms with Gasteiger partial charge in [0.1, 0.15) is 0 Å². The number of anilines is 1. The zero-order chi connectivity index (χ0) is 15.2. The summed E-state index contributed by atoms with van der Waals surface area (Å²) in [5.41, 5.74) is 3.91. The van der Waals surface area contributed by atoms with E-state index < -0.39 is 0 Å². The van der Waals surface area contributed by atoms with Crippen molar-refractivity contribution in [3.8, 4) is 0 Å². The van der Waals surface area contributed by atoms with Crippen molar-refractivity contribution in [3.63, 3.8) is 0 Å². The van der Waals surface area contributed by atoms with Crippen molar-refractivity contribution in [2.75, 3.05) is 11.1 Å². The Hall–Kier alpha value is -2.00. The van der Waals surface area contributed by atoms with E-state index >= 15 is 0 Å². The SMILES string of the molecule is C=CCSc1ccccc1C(=O)Nc1ccc(C)c(C)c1. The number of hydrogen-bond acceptors (Lipinski definition) is 2. The molecule has 2 rings (SSSR count). The van der Waals surface area contributed by atoms with E-state index in [2.05, 4.69) is 18.8 Å². The van der Waals surface area contributed by atoms with E-state index in [1.807, 2.05) is 55.5 Å². The molecule has 3 heteroatoms. The van der Waals surface area contributed by atoms with Gasteiger partial charge in [0.15, 0.2) is 0 Å². The van der Waals surface area contributed by atoms with Crippen LogP contribution in [0, 0.1) is 13.8 Å². The minimum Gasteiger partial charge on any atom is -0.322 e. The first-order chi connectivity index (χ1) is 10.1. The molecule has 0 aliphatic heterocycles. The summed E-state index contributed by atoms with van der Waals surface area (Å²) < 4.78 is 0. The Morgan fingerprint density at radius 3 is 2.67 bits per heavy atom. The highest BCUT2D eigenvalue weighted by atomic mass is 32.2. The number of amides is 1. The molecule has 1 amide bonds. The van der Waals surface area contributed by atoms with Crippen molar-refractivity contribution in [2.45, 2.75) is 18.7 Å². The Labute approximate surface area is 130 Å². The number of nitrogens with one attached hydrogen (secondary N) is 1. The van der Waals surface area contributed by atoms with Gasteiger partial charge < -0.3 is 5.32 Å². The molecule has 0 atom stereocenters. The summed E-state index contributed by atoms with van der Waals surface area (Å²) in [4.78, 5) is 13.4.